The lowest BCUT2D eigenvalue weighted by molar-refractivity contribution is -0.131. The molecule has 0 unspecified atom stereocenters. The van der Waals surface area contributed by atoms with Crippen molar-refractivity contribution in [1.82, 2.24) is 10.2 Å². The molecular weight excluding hydrogens is 332 g/mol. The van der Waals surface area contributed by atoms with E-state index in [1.165, 1.54) is 0 Å². The van der Waals surface area contributed by atoms with Gasteiger partial charge in [-0.05, 0) is 49.2 Å². The molecule has 0 saturated carbocycles. The fourth-order valence-corrected chi connectivity index (χ4v) is 2.67. The van der Waals surface area contributed by atoms with Crippen LogP contribution in [0.25, 0.3) is 0 Å². The molecule has 1 aromatic carbocycles. The van der Waals surface area contributed by atoms with Crippen molar-refractivity contribution in [3.63, 3.8) is 0 Å². The number of nitrogens with one attached hydrogen (secondary N) is 1. The molecule has 0 aliphatic rings. The van der Waals surface area contributed by atoms with Gasteiger partial charge in [0.15, 0.2) is 11.5 Å². The van der Waals surface area contributed by atoms with Gasteiger partial charge >= 0.3 is 0 Å². The first-order valence-corrected chi connectivity index (χ1v) is 8.89. The van der Waals surface area contributed by atoms with Crippen LogP contribution in [0.4, 0.5) is 0 Å². The maximum atomic E-state index is 12.6. The maximum absolute atomic E-state index is 12.6. The SMILES string of the molecule is CCCNCC(=O)N(CCc1ccc(OC)c(OC)c1)Cc1ccco1. The summed E-state index contributed by atoms with van der Waals surface area (Å²) in [4.78, 5) is 14.4. The highest BCUT2D eigenvalue weighted by atomic mass is 16.5. The Balaban J connectivity index is 2.02. The largest absolute Gasteiger partial charge is 0.493 e. The third-order valence-electron chi connectivity index (χ3n) is 4.10. The molecule has 26 heavy (non-hydrogen) atoms. The van der Waals surface area contributed by atoms with Crippen molar-refractivity contribution >= 4 is 5.91 Å². The summed E-state index contributed by atoms with van der Waals surface area (Å²) in [5.74, 6) is 2.23. The fourth-order valence-electron chi connectivity index (χ4n) is 2.67. The van der Waals surface area contributed by atoms with Crippen LogP contribution in [-0.4, -0.2) is 44.7 Å². The topological polar surface area (TPSA) is 63.9 Å². The highest BCUT2D eigenvalue weighted by molar-refractivity contribution is 5.78. The van der Waals surface area contributed by atoms with Crippen LogP contribution in [0.2, 0.25) is 0 Å². The molecule has 0 spiro atoms. The van der Waals surface area contributed by atoms with Crippen LogP contribution in [0.1, 0.15) is 24.7 Å². The number of hydrogen-bond donors (Lipinski definition) is 1. The summed E-state index contributed by atoms with van der Waals surface area (Å²) in [6, 6.07) is 9.55. The normalized spacial score (nSPS) is 10.6. The van der Waals surface area contributed by atoms with Crippen molar-refractivity contribution < 1.29 is 18.7 Å². The number of ether oxygens (including phenoxy) is 2. The molecule has 1 heterocycles. The average molecular weight is 360 g/mol. The first-order valence-electron chi connectivity index (χ1n) is 8.89. The fraction of sp³-hybridized carbons (Fsp3) is 0.450. The zero-order chi connectivity index (χ0) is 18.8. The third-order valence-corrected chi connectivity index (χ3v) is 4.10. The van der Waals surface area contributed by atoms with Gasteiger partial charge in [0, 0.05) is 6.54 Å². The van der Waals surface area contributed by atoms with E-state index < -0.39 is 0 Å². The van der Waals surface area contributed by atoms with Crippen molar-refractivity contribution in [1.29, 1.82) is 0 Å². The summed E-state index contributed by atoms with van der Waals surface area (Å²) in [7, 11) is 3.23. The lowest BCUT2D eigenvalue weighted by Crippen LogP contribution is -2.39. The smallest absolute Gasteiger partial charge is 0.236 e. The van der Waals surface area contributed by atoms with Gasteiger partial charge in [0.1, 0.15) is 5.76 Å². The molecule has 0 radical (unpaired) electrons. The Bertz CT molecular complexity index is 670. The average Bonchev–Trinajstić information content (AvgIpc) is 3.18. The predicted molar refractivity (Wildman–Crippen MR) is 101 cm³/mol. The Kier molecular flexibility index (Phi) is 8.02. The monoisotopic (exact) mass is 360 g/mol. The van der Waals surface area contributed by atoms with Crippen molar-refractivity contribution in [3.05, 3.63) is 47.9 Å². The number of hydrogen-bond acceptors (Lipinski definition) is 5. The van der Waals surface area contributed by atoms with Crippen LogP contribution in [0.3, 0.4) is 0 Å². The minimum Gasteiger partial charge on any atom is -0.493 e. The molecule has 1 N–H and O–H groups in total. The number of rotatable bonds is 11. The molecule has 0 atom stereocenters. The second kappa shape index (κ2) is 10.5. The lowest BCUT2D eigenvalue weighted by atomic mass is 10.1. The molecule has 0 aliphatic heterocycles. The summed E-state index contributed by atoms with van der Waals surface area (Å²) in [5, 5.41) is 3.17. The summed E-state index contributed by atoms with van der Waals surface area (Å²) in [5.41, 5.74) is 1.08. The van der Waals surface area contributed by atoms with Crippen LogP contribution >= 0.6 is 0 Å². The molecule has 2 aromatic rings. The van der Waals surface area contributed by atoms with Crippen LogP contribution in [-0.2, 0) is 17.8 Å². The summed E-state index contributed by atoms with van der Waals surface area (Å²) in [6.45, 7) is 4.31. The van der Waals surface area contributed by atoms with Gasteiger partial charge in [-0.2, -0.15) is 0 Å². The van der Waals surface area contributed by atoms with Gasteiger partial charge in [0.25, 0.3) is 0 Å². The van der Waals surface area contributed by atoms with E-state index in [1.807, 2.05) is 35.2 Å². The molecule has 1 amide bonds. The number of furan rings is 1. The number of carbonyl (C=O) groups is 1. The Labute approximate surface area is 155 Å². The van der Waals surface area contributed by atoms with Crippen molar-refractivity contribution in [2.45, 2.75) is 26.3 Å². The van der Waals surface area contributed by atoms with Crippen LogP contribution in [0, 0.1) is 0 Å². The molecule has 1 aromatic heterocycles. The number of benzene rings is 1. The molecule has 0 aliphatic carbocycles. The summed E-state index contributed by atoms with van der Waals surface area (Å²) in [6.07, 6.45) is 3.35. The van der Waals surface area contributed by atoms with Crippen molar-refractivity contribution in [2.24, 2.45) is 0 Å². The predicted octanol–water partition coefficient (Wildman–Crippen LogP) is 2.87. The van der Waals surface area contributed by atoms with Crippen LogP contribution in [0.5, 0.6) is 11.5 Å². The van der Waals surface area contributed by atoms with E-state index in [1.54, 1.807) is 20.5 Å². The van der Waals surface area contributed by atoms with Gasteiger partial charge in [-0.25, -0.2) is 0 Å². The van der Waals surface area contributed by atoms with Crippen molar-refractivity contribution in [2.75, 3.05) is 33.9 Å². The van der Waals surface area contributed by atoms with Gasteiger partial charge in [-0.3, -0.25) is 4.79 Å². The van der Waals surface area contributed by atoms with E-state index in [2.05, 4.69) is 12.2 Å². The van der Waals surface area contributed by atoms with E-state index in [0.717, 1.165) is 30.7 Å². The van der Waals surface area contributed by atoms with Gasteiger partial charge < -0.3 is 24.1 Å². The van der Waals surface area contributed by atoms with Crippen LogP contribution in [0.15, 0.2) is 41.0 Å². The minimum absolute atomic E-state index is 0.0651. The van der Waals surface area contributed by atoms with E-state index in [-0.39, 0.29) is 5.91 Å². The standard InChI is InChI=1S/C20H28N2O4/c1-4-10-21-14-20(23)22(15-17-6-5-12-26-17)11-9-16-7-8-18(24-2)19(13-16)25-3/h5-8,12-13,21H,4,9-11,14-15H2,1-3H3. The third kappa shape index (κ3) is 5.81. The molecule has 0 saturated heterocycles. The van der Waals surface area contributed by atoms with Crippen molar-refractivity contribution in [3.8, 4) is 11.5 Å². The molecule has 0 fully saturated rings. The summed E-state index contributed by atoms with van der Waals surface area (Å²) < 4.78 is 16.0. The highest BCUT2D eigenvalue weighted by Gasteiger charge is 2.15. The van der Waals surface area contributed by atoms with E-state index in [9.17, 15) is 4.79 Å². The Hall–Kier alpha value is -2.47. The van der Waals surface area contributed by atoms with E-state index in [4.69, 9.17) is 13.9 Å². The maximum Gasteiger partial charge on any atom is 0.236 e. The number of nitrogens with zero attached hydrogens (tertiary/aromatic N) is 1. The van der Waals surface area contributed by atoms with Gasteiger partial charge in [0.05, 0.1) is 33.6 Å². The Morgan fingerprint density at radius 1 is 1.19 bits per heavy atom. The second-order valence-corrected chi connectivity index (χ2v) is 6.01. The first-order chi connectivity index (χ1) is 12.7. The quantitative estimate of drug-likeness (QED) is 0.624. The molecule has 6 nitrogen and oxygen atoms in total. The Morgan fingerprint density at radius 3 is 2.65 bits per heavy atom. The van der Waals surface area contributed by atoms with E-state index in [0.29, 0.717) is 31.1 Å². The first kappa shape index (κ1) is 19.8. The number of methoxy groups -OCH3 is 2. The van der Waals surface area contributed by atoms with Gasteiger partial charge in [0.2, 0.25) is 5.91 Å². The lowest BCUT2D eigenvalue weighted by Gasteiger charge is -2.22. The Morgan fingerprint density at radius 2 is 2.00 bits per heavy atom. The van der Waals surface area contributed by atoms with E-state index >= 15 is 0 Å². The molecule has 142 valence electrons. The van der Waals surface area contributed by atoms with Gasteiger partial charge in [-0.15, -0.1) is 0 Å². The second-order valence-electron chi connectivity index (χ2n) is 6.01. The molecular formula is C20H28N2O4. The van der Waals surface area contributed by atoms with Gasteiger partial charge in [-0.1, -0.05) is 13.0 Å². The number of carbonyl (C=O) groups excluding carboxylic acids is 1. The van der Waals surface area contributed by atoms with Crippen LogP contribution < -0.4 is 14.8 Å². The summed E-state index contributed by atoms with van der Waals surface area (Å²) >= 11 is 0. The molecule has 2 rings (SSSR count). The zero-order valence-electron chi connectivity index (χ0n) is 15.8. The zero-order valence-corrected chi connectivity index (χ0v) is 15.8. The molecule has 6 heteroatoms. The number of amides is 1. The minimum atomic E-state index is 0.0651. The highest BCUT2D eigenvalue weighted by Crippen LogP contribution is 2.27. The molecule has 0 bridgehead atoms.